The van der Waals surface area contributed by atoms with Crippen LogP contribution in [-0.4, -0.2) is 15.4 Å². The Bertz CT molecular complexity index is 470. The minimum Gasteiger partial charge on any atom is -0.370 e. The van der Waals surface area contributed by atoms with Gasteiger partial charge >= 0.3 is 0 Å². The van der Waals surface area contributed by atoms with Crippen molar-refractivity contribution < 1.29 is 4.74 Å². The Morgan fingerprint density at radius 3 is 2.69 bits per heavy atom. The number of benzene rings is 1. The normalized spacial score (nSPS) is 9.94. The maximum Gasteiger partial charge on any atom is 0.108 e. The lowest BCUT2D eigenvalue weighted by atomic mass is 10.2. The first-order valence-electron chi connectivity index (χ1n) is 4.80. The predicted molar refractivity (Wildman–Crippen MR) is 56.0 cm³/mol. The molecule has 0 aliphatic heterocycles. The third kappa shape index (κ3) is 2.65. The van der Waals surface area contributed by atoms with E-state index in [0.717, 1.165) is 11.3 Å². The summed E-state index contributed by atoms with van der Waals surface area (Å²) in [6.45, 7) is 0.926. The largest absolute Gasteiger partial charge is 0.370 e. The molecule has 1 heterocycles. The van der Waals surface area contributed by atoms with Crippen LogP contribution in [0.2, 0.25) is 0 Å². The van der Waals surface area contributed by atoms with Gasteiger partial charge in [0.15, 0.2) is 0 Å². The summed E-state index contributed by atoms with van der Waals surface area (Å²) in [4.78, 5) is 0. The van der Waals surface area contributed by atoms with Crippen LogP contribution in [0.3, 0.4) is 0 Å². The third-order valence-electron chi connectivity index (χ3n) is 2.07. The zero-order chi connectivity index (χ0) is 11.2. The Hall–Kier alpha value is -2.19. The van der Waals surface area contributed by atoms with Gasteiger partial charge in [-0.25, -0.2) is 0 Å². The summed E-state index contributed by atoms with van der Waals surface area (Å²) in [6, 6.07) is 9.37. The summed E-state index contributed by atoms with van der Waals surface area (Å²) < 4.78 is 5.43. The first-order valence-corrected chi connectivity index (χ1v) is 4.80. The minimum absolute atomic E-state index is 0.427. The highest BCUT2D eigenvalue weighted by Crippen LogP contribution is 2.05. The van der Waals surface area contributed by atoms with Crippen LogP contribution >= 0.6 is 0 Å². The molecule has 5 heteroatoms. The fourth-order valence-corrected chi connectivity index (χ4v) is 1.24. The Balaban J connectivity index is 1.83. The van der Waals surface area contributed by atoms with Crippen LogP contribution in [0.5, 0.6) is 0 Å². The van der Waals surface area contributed by atoms with Gasteiger partial charge < -0.3 is 4.74 Å². The average molecular weight is 214 g/mol. The number of hydrogen-bond acceptors (Lipinski definition) is 4. The average Bonchev–Trinajstić information content (AvgIpc) is 2.83. The summed E-state index contributed by atoms with van der Waals surface area (Å²) in [5.41, 5.74) is 2.45. The summed E-state index contributed by atoms with van der Waals surface area (Å²) >= 11 is 0. The first-order chi connectivity index (χ1) is 7.88. The van der Waals surface area contributed by atoms with Crippen LogP contribution in [-0.2, 0) is 18.0 Å². The van der Waals surface area contributed by atoms with Crippen LogP contribution in [0.4, 0.5) is 0 Å². The summed E-state index contributed by atoms with van der Waals surface area (Å²) in [6.07, 6.45) is 1.62. The van der Waals surface area contributed by atoms with Crippen molar-refractivity contribution in [3.63, 3.8) is 0 Å². The van der Waals surface area contributed by atoms with E-state index in [2.05, 4.69) is 21.5 Å². The van der Waals surface area contributed by atoms with Gasteiger partial charge in [0.25, 0.3) is 0 Å². The minimum atomic E-state index is 0.427. The van der Waals surface area contributed by atoms with Gasteiger partial charge in [-0.1, -0.05) is 12.1 Å². The molecule has 16 heavy (non-hydrogen) atoms. The zero-order valence-corrected chi connectivity index (χ0v) is 8.55. The van der Waals surface area contributed by atoms with Crippen molar-refractivity contribution in [2.75, 3.05) is 0 Å². The molecule has 0 unspecified atom stereocenters. The second-order valence-corrected chi connectivity index (χ2v) is 3.26. The molecule has 0 bridgehead atoms. The number of nitrogens with zero attached hydrogens (tertiary/aromatic N) is 3. The summed E-state index contributed by atoms with van der Waals surface area (Å²) in [7, 11) is 0. The Morgan fingerprint density at radius 1 is 1.25 bits per heavy atom. The highest BCUT2D eigenvalue weighted by atomic mass is 16.5. The lowest BCUT2D eigenvalue weighted by Gasteiger charge is -2.01. The second-order valence-electron chi connectivity index (χ2n) is 3.26. The van der Waals surface area contributed by atoms with E-state index >= 15 is 0 Å². The van der Waals surface area contributed by atoms with Crippen LogP contribution in [0, 0.1) is 11.3 Å². The maximum atomic E-state index is 8.63. The van der Waals surface area contributed by atoms with Crippen molar-refractivity contribution in [2.45, 2.75) is 13.2 Å². The molecule has 80 valence electrons. The van der Waals surface area contributed by atoms with Crippen LogP contribution in [0.1, 0.15) is 16.8 Å². The van der Waals surface area contributed by atoms with Gasteiger partial charge in [0, 0.05) is 0 Å². The fourth-order valence-electron chi connectivity index (χ4n) is 1.24. The molecule has 1 aromatic heterocycles. The number of rotatable bonds is 4. The Morgan fingerprint density at radius 2 is 2.06 bits per heavy atom. The van der Waals surface area contributed by atoms with E-state index in [4.69, 9.17) is 10.00 Å². The molecule has 0 spiro atoms. The number of hydrogen-bond donors (Lipinski definition) is 1. The standard InChI is InChI=1S/C11H10N4O/c12-5-9-1-3-10(4-2-9)7-16-8-11-6-13-15-14-11/h1-4,6H,7-8H2,(H,13,14,15). The molecule has 1 aromatic carbocycles. The van der Waals surface area contributed by atoms with E-state index < -0.39 is 0 Å². The smallest absolute Gasteiger partial charge is 0.108 e. The van der Waals surface area contributed by atoms with Gasteiger partial charge in [0.1, 0.15) is 5.69 Å². The van der Waals surface area contributed by atoms with Crippen molar-refractivity contribution in [2.24, 2.45) is 0 Å². The van der Waals surface area contributed by atoms with Crippen molar-refractivity contribution in [1.82, 2.24) is 15.4 Å². The lowest BCUT2D eigenvalue weighted by Crippen LogP contribution is -1.94. The van der Waals surface area contributed by atoms with Crippen molar-refractivity contribution in [3.8, 4) is 6.07 Å². The Kier molecular flexibility index (Phi) is 3.26. The van der Waals surface area contributed by atoms with Gasteiger partial charge in [0.2, 0.25) is 0 Å². The number of nitrogens with one attached hydrogen (secondary N) is 1. The van der Waals surface area contributed by atoms with E-state index in [1.807, 2.05) is 12.1 Å². The molecule has 0 radical (unpaired) electrons. The molecular weight excluding hydrogens is 204 g/mol. The molecule has 0 fully saturated rings. The molecule has 0 atom stereocenters. The van der Waals surface area contributed by atoms with Gasteiger partial charge in [-0.15, -0.1) is 0 Å². The first kappa shape index (κ1) is 10.3. The highest BCUT2D eigenvalue weighted by Gasteiger charge is 1.97. The van der Waals surface area contributed by atoms with Crippen LogP contribution in [0.15, 0.2) is 30.5 Å². The molecule has 0 amide bonds. The molecule has 0 saturated heterocycles. The van der Waals surface area contributed by atoms with E-state index in [0.29, 0.717) is 18.8 Å². The van der Waals surface area contributed by atoms with E-state index in [-0.39, 0.29) is 0 Å². The second kappa shape index (κ2) is 5.05. The molecule has 1 N–H and O–H groups in total. The van der Waals surface area contributed by atoms with Gasteiger partial charge in [-0.05, 0) is 17.7 Å². The quantitative estimate of drug-likeness (QED) is 0.834. The number of ether oxygens (including phenoxy) is 1. The Labute approximate surface area is 92.7 Å². The number of nitriles is 1. The molecule has 0 saturated carbocycles. The highest BCUT2D eigenvalue weighted by molar-refractivity contribution is 5.31. The molecule has 5 nitrogen and oxygen atoms in total. The maximum absolute atomic E-state index is 8.63. The van der Waals surface area contributed by atoms with E-state index in [9.17, 15) is 0 Å². The van der Waals surface area contributed by atoms with Crippen LogP contribution < -0.4 is 0 Å². The zero-order valence-electron chi connectivity index (χ0n) is 8.55. The number of H-pyrrole nitrogens is 1. The van der Waals surface area contributed by atoms with Gasteiger partial charge in [-0.2, -0.15) is 20.7 Å². The summed E-state index contributed by atoms with van der Waals surface area (Å²) in [5, 5.41) is 18.7. The van der Waals surface area contributed by atoms with E-state index in [1.165, 1.54) is 0 Å². The fraction of sp³-hybridized carbons (Fsp3) is 0.182. The van der Waals surface area contributed by atoms with Gasteiger partial charge in [0.05, 0.1) is 31.0 Å². The van der Waals surface area contributed by atoms with Gasteiger partial charge in [-0.3, -0.25) is 0 Å². The monoisotopic (exact) mass is 214 g/mol. The molecular formula is C11H10N4O. The number of aromatic nitrogens is 3. The topological polar surface area (TPSA) is 74.6 Å². The lowest BCUT2D eigenvalue weighted by molar-refractivity contribution is 0.104. The van der Waals surface area contributed by atoms with Crippen molar-refractivity contribution >= 4 is 0 Å². The summed E-state index contributed by atoms with van der Waals surface area (Å²) in [5.74, 6) is 0. The molecule has 0 aliphatic carbocycles. The SMILES string of the molecule is N#Cc1ccc(COCc2cn[nH]n2)cc1. The van der Waals surface area contributed by atoms with Crippen LogP contribution in [0.25, 0.3) is 0 Å². The predicted octanol–water partition coefficient (Wildman–Crippen LogP) is 1.39. The third-order valence-corrected chi connectivity index (χ3v) is 2.07. The molecule has 0 aliphatic rings. The van der Waals surface area contributed by atoms with Crippen molar-refractivity contribution in [1.29, 1.82) is 5.26 Å². The number of aromatic amines is 1. The van der Waals surface area contributed by atoms with Crippen molar-refractivity contribution in [3.05, 3.63) is 47.3 Å². The molecule has 2 rings (SSSR count). The molecule has 2 aromatic rings. The van der Waals surface area contributed by atoms with E-state index in [1.54, 1.807) is 18.3 Å².